The highest BCUT2D eigenvalue weighted by Crippen LogP contribution is 2.12. The molecule has 1 N–H and O–H groups in total. The van der Waals surface area contributed by atoms with Crippen LogP contribution in [0.25, 0.3) is 0 Å². The second-order valence-corrected chi connectivity index (χ2v) is 4.55. The molecular weight excluding hydrogens is 230 g/mol. The van der Waals surface area contributed by atoms with Gasteiger partial charge in [-0.2, -0.15) is 0 Å². The molecule has 1 rings (SSSR count). The highest BCUT2D eigenvalue weighted by atomic mass is 16.1. The van der Waals surface area contributed by atoms with E-state index in [-0.39, 0.29) is 5.78 Å². The highest BCUT2D eigenvalue weighted by Gasteiger charge is 2.06. The zero-order valence-corrected chi connectivity index (χ0v) is 11.5. The molecule has 18 heavy (non-hydrogen) atoms. The number of ketones is 1. The second kappa shape index (κ2) is 6.90. The van der Waals surface area contributed by atoms with Crippen molar-refractivity contribution >= 4 is 17.4 Å². The monoisotopic (exact) mass is 251 g/mol. The van der Waals surface area contributed by atoms with Crippen molar-refractivity contribution in [1.29, 1.82) is 0 Å². The molecule has 1 aromatic rings. The molecule has 0 fully saturated rings. The lowest BCUT2D eigenvalue weighted by molar-refractivity contribution is -0.115. The van der Waals surface area contributed by atoms with Gasteiger partial charge in [0.1, 0.15) is 23.7 Å². The Morgan fingerprint density at radius 3 is 2.67 bits per heavy atom. The Morgan fingerprint density at radius 1 is 1.33 bits per heavy atom. The van der Waals surface area contributed by atoms with E-state index in [1.54, 1.807) is 11.8 Å². The highest BCUT2D eigenvalue weighted by molar-refractivity contribution is 5.80. The summed E-state index contributed by atoms with van der Waals surface area (Å²) in [5.41, 5.74) is 0. The zero-order valence-electron chi connectivity index (χ0n) is 11.5. The first-order chi connectivity index (χ1) is 8.49. The Balaban J connectivity index is 2.58. The number of nitrogens with one attached hydrogen (secondary N) is 1. The molecule has 0 amide bonds. The number of hydrogen-bond donors (Lipinski definition) is 1. The van der Waals surface area contributed by atoms with E-state index in [0.717, 1.165) is 24.7 Å². The first kappa shape index (κ1) is 14.4. The second-order valence-electron chi connectivity index (χ2n) is 4.55. The van der Waals surface area contributed by atoms with Crippen molar-refractivity contribution in [3.05, 3.63) is 12.4 Å². The van der Waals surface area contributed by atoms with Crippen molar-refractivity contribution in [2.45, 2.75) is 6.92 Å². The number of rotatable bonds is 7. The lowest BCUT2D eigenvalue weighted by Crippen LogP contribution is -2.25. The van der Waals surface area contributed by atoms with E-state index in [0.29, 0.717) is 6.54 Å². The molecule has 0 saturated carbocycles. The third-order valence-corrected chi connectivity index (χ3v) is 2.37. The van der Waals surface area contributed by atoms with E-state index < -0.39 is 0 Å². The SMILES string of the molecule is CC(=O)CN(C)c1cc(NCCN(C)C)ncn1. The molecular formula is C12H21N5O. The van der Waals surface area contributed by atoms with Crippen LogP contribution < -0.4 is 10.2 Å². The van der Waals surface area contributed by atoms with E-state index in [1.165, 1.54) is 6.33 Å². The summed E-state index contributed by atoms with van der Waals surface area (Å²) < 4.78 is 0. The quantitative estimate of drug-likeness (QED) is 0.760. The fourth-order valence-corrected chi connectivity index (χ4v) is 1.48. The summed E-state index contributed by atoms with van der Waals surface area (Å²) in [5.74, 6) is 1.63. The summed E-state index contributed by atoms with van der Waals surface area (Å²) in [4.78, 5) is 23.2. The van der Waals surface area contributed by atoms with E-state index in [1.807, 2.05) is 27.2 Å². The number of hydrogen-bond acceptors (Lipinski definition) is 6. The van der Waals surface area contributed by atoms with Crippen LogP contribution >= 0.6 is 0 Å². The van der Waals surface area contributed by atoms with Gasteiger partial charge >= 0.3 is 0 Å². The van der Waals surface area contributed by atoms with Crippen molar-refractivity contribution in [3.63, 3.8) is 0 Å². The Hall–Kier alpha value is -1.69. The fraction of sp³-hybridized carbons (Fsp3) is 0.583. The van der Waals surface area contributed by atoms with E-state index in [2.05, 4.69) is 20.2 Å². The number of carbonyl (C=O) groups excluding carboxylic acids is 1. The summed E-state index contributed by atoms with van der Waals surface area (Å²) in [5, 5.41) is 3.22. The number of likely N-dealkylation sites (N-methyl/N-ethyl adjacent to an activating group) is 2. The lowest BCUT2D eigenvalue weighted by Gasteiger charge is -2.17. The molecule has 0 bridgehead atoms. The Bertz CT molecular complexity index is 394. The maximum Gasteiger partial charge on any atom is 0.149 e. The average molecular weight is 251 g/mol. The molecule has 6 heteroatoms. The van der Waals surface area contributed by atoms with E-state index in [4.69, 9.17) is 0 Å². The third kappa shape index (κ3) is 5.09. The summed E-state index contributed by atoms with van der Waals surface area (Å²) in [6, 6.07) is 1.85. The molecule has 6 nitrogen and oxygen atoms in total. The fourth-order valence-electron chi connectivity index (χ4n) is 1.48. The van der Waals surface area contributed by atoms with Crippen molar-refractivity contribution < 1.29 is 4.79 Å². The minimum Gasteiger partial charge on any atom is -0.369 e. The molecule has 100 valence electrons. The zero-order chi connectivity index (χ0) is 13.5. The van der Waals surface area contributed by atoms with Gasteiger partial charge in [-0.1, -0.05) is 0 Å². The molecule has 0 saturated heterocycles. The van der Waals surface area contributed by atoms with Crippen molar-refractivity contribution in [2.75, 3.05) is 51.0 Å². The van der Waals surface area contributed by atoms with Crippen LogP contribution in [-0.2, 0) is 4.79 Å². The Morgan fingerprint density at radius 2 is 2.06 bits per heavy atom. The average Bonchev–Trinajstić information content (AvgIpc) is 2.28. The Kier molecular flexibility index (Phi) is 5.51. The number of Topliss-reactive ketones (excluding diaryl/α,β-unsaturated/α-hetero) is 1. The van der Waals surface area contributed by atoms with E-state index >= 15 is 0 Å². The van der Waals surface area contributed by atoms with Gasteiger partial charge in [0.25, 0.3) is 0 Å². The number of nitrogens with zero attached hydrogens (tertiary/aromatic N) is 4. The van der Waals surface area contributed by atoms with Gasteiger partial charge in [-0.15, -0.1) is 0 Å². The normalized spacial score (nSPS) is 10.5. The molecule has 0 aliphatic carbocycles. The van der Waals surface area contributed by atoms with Crippen LogP contribution in [0.3, 0.4) is 0 Å². The summed E-state index contributed by atoms with van der Waals surface area (Å²) in [7, 11) is 5.88. The van der Waals surface area contributed by atoms with Crippen LogP contribution in [-0.4, -0.2) is 61.4 Å². The van der Waals surface area contributed by atoms with Gasteiger partial charge < -0.3 is 15.1 Å². The van der Waals surface area contributed by atoms with Gasteiger partial charge in [-0.25, -0.2) is 9.97 Å². The summed E-state index contributed by atoms with van der Waals surface area (Å²) >= 11 is 0. The first-order valence-electron chi connectivity index (χ1n) is 5.90. The van der Waals surface area contributed by atoms with Crippen LogP contribution in [0.1, 0.15) is 6.92 Å². The standard InChI is InChI=1S/C12H21N5O/c1-10(18)8-17(4)12-7-11(14-9-15-12)13-5-6-16(2)3/h7,9H,5-6,8H2,1-4H3,(H,13,14,15). The minimum atomic E-state index is 0.109. The van der Waals surface area contributed by atoms with Crippen LogP contribution in [0.2, 0.25) is 0 Å². The van der Waals surface area contributed by atoms with Gasteiger partial charge in [0.05, 0.1) is 6.54 Å². The number of carbonyl (C=O) groups is 1. The summed E-state index contributed by atoms with van der Waals surface area (Å²) in [6.07, 6.45) is 1.50. The molecule has 1 heterocycles. The van der Waals surface area contributed by atoms with Crippen LogP contribution in [0.4, 0.5) is 11.6 Å². The molecule has 0 atom stereocenters. The van der Waals surface area contributed by atoms with Crippen molar-refractivity contribution in [1.82, 2.24) is 14.9 Å². The predicted molar refractivity (Wildman–Crippen MR) is 73.0 cm³/mol. The topological polar surface area (TPSA) is 61.4 Å². The minimum absolute atomic E-state index is 0.109. The molecule has 0 aliphatic heterocycles. The number of aromatic nitrogens is 2. The lowest BCUT2D eigenvalue weighted by atomic mass is 10.4. The molecule has 0 spiro atoms. The van der Waals surface area contributed by atoms with Gasteiger partial charge in [0, 0.05) is 26.2 Å². The van der Waals surface area contributed by atoms with Crippen molar-refractivity contribution in [2.24, 2.45) is 0 Å². The molecule has 0 aromatic carbocycles. The number of anilines is 2. The molecule has 0 radical (unpaired) electrons. The van der Waals surface area contributed by atoms with Crippen LogP contribution in [0, 0.1) is 0 Å². The van der Waals surface area contributed by atoms with Crippen LogP contribution in [0.5, 0.6) is 0 Å². The van der Waals surface area contributed by atoms with E-state index in [9.17, 15) is 4.79 Å². The predicted octanol–water partition coefficient (Wildman–Crippen LogP) is 0.475. The van der Waals surface area contributed by atoms with Gasteiger partial charge in [-0.05, 0) is 21.0 Å². The first-order valence-corrected chi connectivity index (χ1v) is 5.90. The summed E-state index contributed by atoms with van der Waals surface area (Å²) in [6.45, 7) is 3.67. The molecule has 1 aromatic heterocycles. The molecule has 0 aliphatic rings. The third-order valence-electron chi connectivity index (χ3n) is 2.37. The molecule has 0 unspecified atom stereocenters. The van der Waals surface area contributed by atoms with Gasteiger partial charge in [0.2, 0.25) is 0 Å². The Labute approximate surface area is 108 Å². The maximum absolute atomic E-state index is 11.1. The smallest absolute Gasteiger partial charge is 0.149 e. The largest absolute Gasteiger partial charge is 0.369 e. The van der Waals surface area contributed by atoms with Gasteiger partial charge in [0.15, 0.2) is 0 Å². The van der Waals surface area contributed by atoms with Crippen LogP contribution in [0.15, 0.2) is 12.4 Å². The maximum atomic E-state index is 11.1. The van der Waals surface area contributed by atoms with Crippen molar-refractivity contribution in [3.8, 4) is 0 Å². The van der Waals surface area contributed by atoms with Gasteiger partial charge in [-0.3, -0.25) is 4.79 Å².